The van der Waals surface area contributed by atoms with Crippen LogP contribution in [0.15, 0.2) is 60.7 Å². The van der Waals surface area contributed by atoms with Gasteiger partial charge >= 0.3 is 5.97 Å². The van der Waals surface area contributed by atoms with Crippen LogP contribution >= 0.6 is 0 Å². The van der Waals surface area contributed by atoms with E-state index >= 15 is 0 Å². The maximum Gasteiger partial charge on any atom is 0.335 e. The molecular weight excluding hydrogens is 342 g/mol. The molecule has 27 heavy (non-hydrogen) atoms. The summed E-state index contributed by atoms with van der Waals surface area (Å²) in [7, 11) is 0. The van der Waals surface area contributed by atoms with Gasteiger partial charge in [0.05, 0.1) is 17.8 Å². The summed E-state index contributed by atoms with van der Waals surface area (Å²) in [5.41, 5.74) is 0.656. The molecule has 1 amide bonds. The zero-order chi connectivity index (χ0) is 19.2. The van der Waals surface area contributed by atoms with Crippen molar-refractivity contribution in [2.24, 2.45) is 0 Å². The second-order valence-corrected chi connectivity index (χ2v) is 7.13. The lowest BCUT2D eigenvalue weighted by Gasteiger charge is -2.39. The minimum atomic E-state index is -1.07. The summed E-state index contributed by atoms with van der Waals surface area (Å²) in [5.74, 6) is -0.789. The third-order valence-electron chi connectivity index (χ3n) is 4.83. The smallest absolute Gasteiger partial charge is 0.335 e. The average Bonchev–Trinajstić information content (AvgIpc) is 2.64. The summed E-state index contributed by atoms with van der Waals surface area (Å²) in [4.78, 5) is 26.0. The van der Waals surface area contributed by atoms with Gasteiger partial charge in [0.25, 0.3) is 5.91 Å². The van der Waals surface area contributed by atoms with E-state index < -0.39 is 11.6 Å². The third kappa shape index (κ3) is 2.91. The summed E-state index contributed by atoms with van der Waals surface area (Å²) in [6.45, 7) is 3.77. The highest BCUT2D eigenvalue weighted by Crippen LogP contribution is 2.39. The Balaban J connectivity index is 1.82. The van der Waals surface area contributed by atoms with Crippen LogP contribution in [0.3, 0.4) is 0 Å². The van der Waals surface area contributed by atoms with Crippen molar-refractivity contribution in [1.29, 1.82) is 0 Å². The Morgan fingerprint density at radius 2 is 1.81 bits per heavy atom. The van der Waals surface area contributed by atoms with Gasteiger partial charge in [-0.1, -0.05) is 42.5 Å². The number of carbonyl (C=O) groups is 2. The molecule has 3 aromatic carbocycles. The lowest BCUT2D eigenvalue weighted by Crippen LogP contribution is -2.52. The zero-order valence-electron chi connectivity index (χ0n) is 15.1. The molecule has 0 unspecified atom stereocenters. The number of rotatable bonds is 3. The first-order valence-corrected chi connectivity index (χ1v) is 8.72. The van der Waals surface area contributed by atoms with E-state index in [0.29, 0.717) is 18.0 Å². The number of ether oxygens (including phenoxy) is 1. The number of carboxylic acid groups (broad SMARTS) is 1. The molecule has 0 aromatic heterocycles. The molecule has 0 aliphatic carbocycles. The molecule has 136 valence electrons. The molecule has 1 heterocycles. The van der Waals surface area contributed by atoms with Gasteiger partial charge in [-0.15, -0.1) is 0 Å². The quantitative estimate of drug-likeness (QED) is 0.758. The minimum absolute atomic E-state index is 0.129. The number of anilines is 1. The van der Waals surface area contributed by atoms with Crippen LogP contribution in [0.1, 0.15) is 29.8 Å². The molecule has 4 rings (SSSR count). The van der Waals surface area contributed by atoms with Crippen molar-refractivity contribution in [2.45, 2.75) is 26.0 Å². The Bertz CT molecular complexity index is 1070. The SMILES string of the molecule is CC1(C)Oc2cc(C(=O)O)ccc2N(Cc2cccc3ccccc23)C1=O. The number of carbonyl (C=O) groups excluding carboxylic acids is 1. The van der Waals surface area contributed by atoms with Crippen molar-refractivity contribution in [3.05, 3.63) is 71.8 Å². The highest BCUT2D eigenvalue weighted by molar-refractivity contribution is 6.03. The molecule has 1 aliphatic heterocycles. The number of amides is 1. The van der Waals surface area contributed by atoms with Crippen LogP contribution in [0.5, 0.6) is 5.75 Å². The van der Waals surface area contributed by atoms with E-state index in [1.165, 1.54) is 12.1 Å². The van der Waals surface area contributed by atoms with E-state index in [1.54, 1.807) is 24.8 Å². The van der Waals surface area contributed by atoms with Gasteiger partial charge in [0.1, 0.15) is 5.75 Å². The number of nitrogens with zero attached hydrogens (tertiary/aromatic N) is 1. The summed E-state index contributed by atoms with van der Waals surface area (Å²) in [5, 5.41) is 11.4. The van der Waals surface area contributed by atoms with Crippen LogP contribution in [0.4, 0.5) is 5.69 Å². The normalized spacial score (nSPS) is 15.3. The van der Waals surface area contributed by atoms with E-state index in [0.717, 1.165) is 16.3 Å². The van der Waals surface area contributed by atoms with Crippen molar-refractivity contribution in [3.8, 4) is 5.75 Å². The Morgan fingerprint density at radius 1 is 1.07 bits per heavy atom. The Morgan fingerprint density at radius 3 is 2.59 bits per heavy atom. The molecular formula is C22H19NO4. The molecule has 3 aromatic rings. The van der Waals surface area contributed by atoms with Gasteiger partial charge < -0.3 is 14.7 Å². The largest absolute Gasteiger partial charge is 0.478 e. The molecule has 0 saturated carbocycles. The topological polar surface area (TPSA) is 66.8 Å². The van der Waals surface area contributed by atoms with Crippen molar-refractivity contribution in [2.75, 3.05) is 4.90 Å². The molecule has 5 heteroatoms. The number of hydrogen-bond donors (Lipinski definition) is 1. The second kappa shape index (κ2) is 6.13. The standard InChI is InChI=1S/C22H19NO4/c1-22(2)21(26)23(18-11-10-15(20(24)25)12-19(18)27-22)13-16-8-5-7-14-6-3-4-9-17(14)16/h3-12H,13H2,1-2H3,(H,24,25). The lowest BCUT2D eigenvalue weighted by atomic mass is 10.00. The minimum Gasteiger partial charge on any atom is -0.478 e. The average molecular weight is 361 g/mol. The summed E-state index contributed by atoms with van der Waals surface area (Å²) in [6, 6.07) is 18.7. The molecule has 0 radical (unpaired) electrons. The van der Waals surface area contributed by atoms with Crippen LogP contribution in [-0.2, 0) is 11.3 Å². The fraction of sp³-hybridized carbons (Fsp3) is 0.182. The van der Waals surface area contributed by atoms with Gasteiger partial charge in [-0.2, -0.15) is 0 Å². The third-order valence-corrected chi connectivity index (χ3v) is 4.83. The van der Waals surface area contributed by atoms with E-state index in [4.69, 9.17) is 4.74 Å². The first-order chi connectivity index (χ1) is 12.9. The van der Waals surface area contributed by atoms with Gasteiger partial charge in [-0.3, -0.25) is 4.79 Å². The number of aromatic carboxylic acids is 1. The summed E-state index contributed by atoms with van der Waals surface area (Å²) < 4.78 is 5.82. The molecule has 0 saturated heterocycles. The summed E-state index contributed by atoms with van der Waals surface area (Å²) in [6.07, 6.45) is 0. The maximum atomic E-state index is 13.1. The molecule has 0 bridgehead atoms. The zero-order valence-corrected chi connectivity index (χ0v) is 15.1. The Labute approximate surface area is 156 Å². The van der Waals surface area contributed by atoms with Crippen molar-refractivity contribution >= 4 is 28.3 Å². The predicted molar refractivity (Wildman–Crippen MR) is 103 cm³/mol. The fourth-order valence-corrected chi connectivity index (χ4v) is 3.46. The van der Waals surface area contributed by atoms with Crippen LogP contribution in [0.25, 0.3) is 10.8 Å². The highest BCUT2D eigenvalue weighted by Gasteiger charge is 2.41. The molecule has 1 aliphatic rings. The number of benzene rings is 3. The second-order valence-electron chi connectivity index (χ2n) is 7.13. The molecule has 0 atom stereocenters. The number of fused-ring (bicyclic) bond motifs is 2. The van der Waals surface area contributed by atoms with Gasteiger partial charge in [0.2, 0.25) is 0 Å². The Hall–Kier alpha value is -3.34. The van der Waals surface area contributed by atoms with Gasteiger partial charge in [0, 0.05) is 0 Å². The molecule has 1 N–H and O–H groups in total. The van der Waals surface area contributed by atoms with E-state index in [2.05, 4.69) is 0 Å². The fourth-order valence-electron chi connectivity index (χ4n) is 3.46. The number of carboxylic acids is 1. The van der Waals surface area contributed by atoms with Gasteiger partial charge in [0.15, 0.2) is 5.60 Å². The van der Waals surface area contributed by atoms with Crippen LogP contribution in [0.2, 0.25) is 0 Å². The first-order valence-electron chi connectivity index (χ1n) is 8.72. The first kappa shape index (κ1) is 17.1. The van der Waals surface area contributed by atoms with Gasteiger partial charge in [-0.25, -0.2) is 4.79 Å². The van der Waals surface area contributed by atoms with E-state index in [9.17, 15) is 14.7 Å². The van der Waals surface area contributed by atoms with Gasteiger partial charge in [-0.05, 0) is 48.4 Å². The highest BCUT2D eigenvalue weighted by atomic mass is 16.5. The van der Waals surface area contributed by atoms with Crippen LogP contribution in [-0.4, -0.2) is 22.6 Å². The lowest BCUT2D eigenvalue weighted by molar-refractivity contribution is -0.132. The molecule has 0 fully saturated rings. The predicted octanol–water partition coefficient (Wildman–Crippen LogP) is 4.24. The van der Waals surface area contributed by atoms with Crippen LogP contribution in [0, 0.1) is 0 Å². The number of hydrogen-bond acceptors (Lipinski definition) is 3. The Kier molecular flexibility index (Phi) is 3.88. The van der Waals surface area contributed by atoms with Crippen molar-refractivity contribution in [1.82, 2.24) is 0 Å². The van der Waals surface area contributed by atoms with E-state index in [1.807, 2.05) is 42.5 Å². The van der Waals surface area contributed by atoms with Crippen molar-refractivity contribution < 1.29 is 19.4 Å². The van der Waals surface area contributed by atoms with E-state index in [-0.39, 0.29) is 11.5 Å². The monoisotopic (exact) mass is 361 g/mol. The maximum absolute atomic E-state index is 13.1. The molecule has 5 nitrogen and oxygen atoms in total. The van der Waals surface area contributed by atoms with Crippen LogP contribution < -0.4 is 9.64 Å². The molecule has 0 spiro atoms. The van der Waals surface area contributed by atoms with Crippen molar-refractivity contribution in [3.63, 3.8) is 0 Å². The summed E-state index contributed by atoms with van der Waals surface area (Å²) >= 11 is 0.